The third kappa shape index (κ3) is 4.43. The van der Waals surface area contributed by atoms with Crippen LogP contribution in [0, 0.1) is 13.8 Å². The summed E-state index contributed by atoms with van der Waals surface area (Å²) in [5.41, 5.74) is 2.69. The van der Waals surface area contributed by atoms with E-state index in [4.69, 9.17) is 32.7 Å². The van der Waals surface area contributed by atoms with Gasteiger partial charge in [-0.2, -0.15) is 5.10 Å². The fraction of sp³-hybridized carbons (Fsp3) is 0.200. The number of hydrogen-bond donors (Lipinski definition) is 0. The Hall–Kier alpha value is -2.50. The summed E-state index contributed by atoms with van der Waals surface area (Å²) in [5, 5.41) is 5.39. The number of benzene rings is 2. The van der Waals surface area contributed by atoms with Crippen molar-refractivity contribution in [3.8, 4) is 11.4 Å². The molecule has 0 atom stereocenters. The molecule has 1 aromatic heterocycles. The molecule has 7 heteroatoms. The smallest absolute Gasteiger partial charge is 0.342 e. The first kappa shape index (κ1) is 19.3. The van der Waals surface area contributed by atoms with Gasteiger partial charge in [0.15, 0.2) is 0 Å². The summed E-state index contributed by atoms with van der Waals surface area (Å²) in [6, 6.07) is 14.6. The van der Waals surface area contributed by atoms with E-state index in [9.17, 15) is 4.79 Å². The second-order valence-electron chi connectivity index (χ2n) is 5.85. The first-order valence-corrected chi connectivity index (χ1v) is 9.09. The van der Waals surface area contributed by atoms with E-state index in [1.165, 1.54) is 0 Å². The van der Waals surface area contributed by atoms with Crippen molar-refractivity contribution in [2.24, 2.45) is 0 Å². The van der Waals surface area contributed by atoms with Crippen LogP contribution < -0.4 is 4.74 Å². The first-order chi connectivity index (χ1) is 13.0. The number of para-hydroxylation sites is 1. The maximum atomic E-state index is 12.5. The summed E-state index contributed by atoms with van der Waals surface area (Å²) < 4.78 is 12.6. The molecule has 27 heavy (non-hydrogen) atoms. The predicted molar refractivity (Wildman–Crippen MR) is 105 cm³/mol. The molecule has 0 N–H and O–H groups in total. The Bertz CT molecular complexity index is 955. The lowest BCUT2D eigenvalue weighted by Gasteiger charge is -2.09. The van der Waals surface area contributed by atoms with Crippen molar-refractivity contribution in [1.82, 2.24) is 9.78 Å². The zero-order valence-corrected chi connectivity index (χ0v) is 16.4. The van der Waals surface area contributed by atoms with Crippen molar-refractivity contribution in [3.05, 3.63) is 75.5 Å². The first-order valence-electron chi connectivity index (χ1n) is 8.34. The molecule has 3 rings (SSSR count). The van der Waals surface area contributed by atoms with E-state index in [1.54, 1.807) is 29.8 Å². The summed E-state index contributed by atoms with van der Waals surface area (Å²) in [5.74, 6) is 0.0550. The molecule has 0 bridgehead atoms. The molecule has 0 fully saturated rings. The highest BCUT2D eigenvalue weighted by Gasteiger charge is 2.20. The number of ether oxygens (including phenoxy) is 2. The van der Waals surface area contributed by atoms with Gasteiger partial charge in [-0.05, 0) is 44.2 Å². The highest BCUT2D eigenvalue weighted by Crippen LogP contribution is 2.27. The van der Waals surface area contributed by atoms with Gasteiger partial charge < -0.3 is 9.47 Å². The van der Waals surface area contributed by atoms with Crippen LogP contribution in [0.4, 0.5) is 0 Å². The van der Waals surface area contributed by atoms with Gasteiger partial charge in [0.25, 0.3) is 0 Å². The van der Waals surface area contributed by atoms with E-state index in [0.29, 0.717) is 27.1 Å². The molecule has 0 saturated heterocycles. The molecule has 3 aromatic rings. The number of hydrogen-bond acceptors (Lipinski definition) is 4. The minimum Gasteiger partial charge on any atom is -0.488 e. The predicted octanol–water partition coefficient (Wildman–Crippen LogP) is 5.03. The summed E-state index contributed by atoms with van der Waals surface area (Å²) in [6.07, 6.45) is 0. The van der Waals surface area contributed by atoms with Gasteiger partial charge in [0.05, 0.1) is 22.1 Å². The number of halogens is 2. The summed E-state index contributed by atoms with van der Waals surface area (Å²) in [7, 11) is 0. The van der Waals surface area contributed by atoms with E-state index in [0.717, 1.165) is 11.4 Å². The molecule has 0 amide bonds. The topological polar surface area (TPSA) is 53.4 Å². The van der Waals surface area contributed by atoms with Crippen LogP contribution in [0.5, 0.6) is 5.75 Å². The summed E-state index contributed by atoms with van der Waals surface area (Å²) in [6.45, 7) is 3.89. The average molecular weight is 405 g/mol. The van der Waals surface area contributed by atoms with E-state index < -0.39 is 5.97 Å². The SMILES string of the molecule is Cc1nn(-c2ccccc2)c(C)c1C(=O)OCCOc1ccc(Cl)cc1Cl. The van der Waals surface area contributed by atoms with Gasteiger partial charge in [-0.25, -0.2) is 9.48 Å². The number of esters is 1. The Morgan fingerprint density at radius 2 is 1.81 bits per heavy atom. The summed E-state index contributed by atoms with van der Waals surface area (Å²) >= 11 is 11.9. The normalized spacial score (nSPS) is 10.7. The largest absolute Gasteiger partial charge is 0.488 e. The molecule has 0 aliphatic carbocycles. The molecule has 5 nitrogen and oxygen atoms in total. The second-order valence-corrected chi connectivity index (χ2v) is 6.70. The third-order valence-electron chi connectivity index (χ3n) is 3.96. The van der Waals surface area contributed by atoms with Gasteiger partial charge in [0.2, 0.25) is 0 Å². The molecule has 140 valence electrons. The second kappa shape index (κ2) is 8.46. The maximum absolute atomic E-state index is 12.5. The lowest BCUT2D eigenvalue weighted by atomic mass is 10.2. The van der Waals surface area contributed by atoms with Gasteiger partial charge >= 0.3 is 5.97 Å². The molecule has 2 aromatic carbocycles. The van der Waals surface area contributed by atoms with Crippen LogP contribution in [0.25, 0.3) is 5.69 Å². The van der Waals surface area contributed by atoms with E-state index in [1.807, 2.05) is 37.3 Å². The number of aryl methyl sites for hydroxylation is 1. The van der Waals surface area contributed by atoms with Crippen molar-refractivity contribution >= 4 is 29.2 Å². The molecular formula is C20H18Cl2N2O3. The van der Waals surface area contributed by atoms with Crippen molar-refractivity contribution in [2.45, 2.75) is 13.8 Å². The number of nitrogens with zero attached hydrogens (tertiary/aromatic N) is 2. The molecule has 0 radical (unpaired) electrons. The standard InChI is InChI=1S/C20H18Cl2N2O3/c1-13-19(14(2)24(23-13)16-6-4-3-5-7-16)20(25)27-11-10-26-18-9-8-15(21)12-17(18)22/h3-9,12H,10-11H2,1-2H3. The molecular weight excluding hydrogens is 387 g/mol. The zero-order chi connectivity index (χ0) is 19.4. The molecule has 0 unspecified atom stereocenters. The van der Waals surface area contributed by atoms with E-state index >= 15 is 0 Å². The van der Waals surface area contributed by atoms with E-state index in [-0.39, 0.29) is 13.2 Å². The molecule has 0 saturated carbocycles. The molecule has 1 heterocycles. The van der Waals surface area contributed by atoms with Crippen molar-refractivity contribution in [1.29, 1.82) is 0 Å². The van der Waals surface area contributed by atoms with Gasteiger partial charge in [-0.3, -0.25) is 0 Å². The fourth-order valence-corrected chi connectivity index (χ4v) is 3.17. The van der Waals surface area contributed by atoms with Gasteiger partial charge in [-0.15, -0.1) is 0 Å². The molecule has 0 aliphatic heterocycles. The van der Waals surface area contributed by atoms with Crippen LogP contribution in [0.1, 0.15) is 21.7 Å². The minimum absolute atomic E-state index is 0.0905. The van der Waals surface area contributed by atoms with Crippen LogP contribution in [-0.4, -0.2) is 29.0 Å². The zero-order valence-electron chi connectivity index (χ0n) is 14.9. The Kier molecular flexibility index (Phi) is 6.04. The summed E-state index contributed by atoms with van der Waals surface area (Å²) in [4.78, 5) is 12.5. The highest BCUT2D eigenvalue weighted by molar-refractivity contribution is 6.35. The lowest BCUT2D eigenvalue weighted by Crippen LogP contribution is -2.14. The lowest BCUT2D eigenvalue weighted by molar-refractivity contribution is 0.0449. The Labute approximate surface area is 167 Å². The number of aromatic nitrogens is 2. The van der Waals surface area contributed by atoms with Gasteiger partial charge in [0, 0.05) is 5.02 Å². The Balaban J connectivity index is 1.62. The Morgan fingerprint density at radius 1 is 1.07 bits per heavy atom. The quantitative estimate of drug-likeness (QED) is 0.426. The monoisotopic (exact) mass is 404 g/mol. The van der Waals surface area contributed by atoms with Gasteiger partial charge in [0.1, 0.15) is 24.5 Å². The number of rotatable bonds is 6. The van der Waals surface area contributed by atoms with Crippen LogP contribution in [-0.2, 0) is 4.74 Å². The Morgan fingerprint density at radius 3 is 2.52 bits per heavy atom. The van der Waals surface area contributed by atoms with Crippen LogP contribution in [0.2, 0.25) is 10.0 Å². The highest BCUT2D eigenvalue weighted by atomic mass is 35.5. The van der Waals surface area contributed by atoms with Crippen molar-refractivity contribution in [2.75, 3.05) is 13.2 Å². The minimum atomic E-state index is -0.432. The molecule has 0 spiro atoms. The van der Waals surface area contributed by atoms with Gasteiger partial charge in [-0.1, -0.05) is 41.4 Å². The van der Waals surface area contributed by atoms with Crippen LogP contribution >= 0.6 is 23.2 Å². The van der Waals surface area contributed by atoms with E-state index in [2.05, 4.69) is 5.10 Å². The number of carbonyl (C=O) groups is 1. The van der Waals surface area contributed by atoms with Crippen LogP contribution in [0.15, 0.2) is 48.5 Å². The van der Waals surface area contributed by atoms with Crippen molar-refractivity contribution in [3.63, 3.8) is 0 Å². The van der Waals surface area contributed by atoms with Crippen molar-refractivity contribution < 1.29 is 14.3 Å². The number of carbonyl (C=O) groups excluding carboxylic acids is 1. The maximum Gasteiger partial charge on any atom is 0.342 e. The average Bonchev–Trinajstić information content (AvgIpc) is 2.95. The van der Waals surface area contributed by atoms with Crippen LogP contribution in [0.3, 0.4) is 0 Å². The third-order valence-corrected chi connectivity index (χ3v) is 4.49. The fourth-order valence-electron chi connectivity index (χ4n) is 2.71. The molecule has 0 aliphatic rings.